The molecule has 0 radical (unpaired) electrons. The molecule has 26 valence electrons. The predicted octanol–water partition coefficient (Wildman–Crippen LogP) is 0.184. The molecule has 4 heteroatoms. The second-order valence-corrected chi connectivity index (χ2v) is 0. The molecule has 0 fully saturated rings. The second-order valence-electron chi connectivity index (χ2n) is 0. The molecule has 0 aliphatic heterocycles. The monoisotopic (exact) mass is 146 g/mol. The molecule has 0 aromatic rings. The zero-order chi connectivity index (χ0) is 2.00. The van der Waals surface area contributed by atoms with E-state index in [1.54, 1.807) is 0 Å². The molecular formula is H2F2OZr. The Morgan fingerprint density at radius 2 is 1.00 bits per heavy atom. The zero-order valence-electron chi connectivity index (χ0n) is 1.72. The SMILES string of the molecule is F.F.[O]=[Zr]. The van der Waals surface area contributed by atoms with Crippen LogP contribution in [0.3, 0.4) is 0 Å². The van der Waals surface area contributed by atoms with Crippen LogP contribution in [0.25, 0.3) is 0 Å². The third kappa shape index (κ3) is 20.5. The van der Waals surface area contributed by atoms with E-state index in [1.807, 2.05) is 0 Å². The van der Waals surface area contributed by atoms with Crippen molar-refractivity contribution in [3.63, 3.8) is 0 Å². The average Bonchev–Trinajstić information content (AvgIpc) is 1.00. The Morgan fingerprint density at radius 3 is 1.00 bits per heavy atom. The topological polar surface area (TPSA) is 17.1 Å². The van der Waals surface area contributed by atoms with Crippen LogP contribution >= 0.6 is 0 Å². The fraction of sp³-hybridized carbons (Fsp3) is 0. The summed E-state index contributed by atoms with van der Waals surface area (Å²) in [6.07, 6.45) is 0. The molecule has 0 aliphatic carbocycles. The molecule has 0 amide bonds. The van der Waals surface area contributed by atoms with Gasteiger partial charge in [-0.25, -0.2) is 0 Å². The third-order valence-corrected chi connectivity index (χ3v) is 0. The van der Waals surface area contributed by atoms with Crippen LogP contribution in [0.1, 0.15) is 0 Å². The third-order valence-electron chi connectivity index (χ3n) is 0. The molecule has 0 heterocycles. The van der Waals surface area contributed by atoms with Gasteiger partial charge >= 0.3 is 27.5 Å². The first-order chi connectivity index (χ1) is 1.00. The number of hydrogen-bond acceptors (Lipinski definition) is 1. The fourth-order valence-electron chi connectivity index (χ4n) is 0. The molecule has 0 saturated carbocycles. The molecule has 1 nitrogen and oxygen atoms in total. The molecule has 0 aromatic heterocycles. The Labute approximate surface area is 37.4 Å². The number of rotatable bonds is 0. The van der Waals surface area contributed by atoms with Crippen molar-refractivity contribution in [1.82, 2.24) is 0 Å². The summed E-state index contributed by atoms with van der Waals surface area (Å²) in [6, 6.07) is 0. The molecule has 0 aliphatic rings. The van der Waals surface area contributed by atoms with Crippen LogP contribution < -0.4 is 0 Å². The quantitative estimate of drug-likeness (QED) is 0.478. The summed E-state index contributed by atoms with van der Waals surface area (Å²) in [4.78, 5) is 0. The van der Waals surface area contributed by atoms with E-state index in [9.17, 15) is 0 Å². The van der Waals surface area contributed by atoms with Gasteiger partial charge in [-0.1, -0.05) is 0 Å². The number of halogens is 2. The van der Waals surface area contributed by atoms with Crippen LogP contribution in [0.4, 0.5) is 9.41 Å². The fourth-order valence-corrected chi connectivity index (χ4v) is 0. The Morgan fingerprint density at radius 1 is 1.00 bits per heavy atom. The van der Waals surface area contributed by atoms with Gasteiger partial charge in [-0.15, -0.1) is 0 Å². The summed E-state index contributed by atoms with van der Waals surface area (Å²) in [5, 5.41) is 0. The van der Waals surface area contributed by atoms with Crippen LogP contribution in [0.15, 0.2) is 0 Å². The molecule has 0 bridgehead atoms. The van der Waals surface area contributed by atoms with Gasteiger partial charge in [-0.3, -0.25) is 9.41 Å². The summed E-state index contributed by atoms with van der Waals surface area (Å²) in [5.41, 5.74) is 0. The van der Waals surface area contributed by atoms with Crippen molar-refractivity contribution in [2.45, 2.75) is 0 Å². The Kier molecular flexibility index (Phi) is 465. The standard InChI is InChI=1S/2FH.O.Zr/h2*1H;;. The molecule has 0 rings (SSSR count). The first-order valence-corrected chi connectivity index (χ1v) is 1.21. The summed E-state index contributed by atoms with van der Waals surface area (Å²) < 4.78 is 8.34. The maximum absolute atomic E-state index is 8.34. The van der Waals surface area contributed by atoms with Crippen LogP contribution in [-0.2, 0) is 27.5 Å². The van der Waals surface area contributed by atoms with E-state index in [1.165, 1.54) is 0 Å². The molecular weight excluding hydrogens is 145 g/mol. The normalized spacial score (nSPS) is 0.750. The molecule has 0 N–H and O–H groups in total. The average molecular weight is 147 g/mol. The van der Waals surface area contributed by atoms with Gasteiger partial charge in [0.2, 0.25) is 0 Å². The summed E-state index contributed by atoms with van der Waals surface area (Å²) in [6.45, 7) is 0. The van der Waals surface area contributed by atoms with Gasteiger partial charge in [0.1, 0.15) is 0 Å². The van der Waals surface area contributed by atoms with Gasteiger partial charge in [0.25, 0.3) is 0 Å². The first kappa shape index (κ1) is 24.0. The van der Waals surface area contributed by atoms with E-state index in [0.29, 0.717) is 24.7 Å². The minimum absolute atomic E-state index is 0. The van der Waals surface area contributed by atoms with Gasteiger partial charge in [0, 0.05) is 0 Å². The van der Waals surface area contributed by atoms with E-state index in [0.717, 1.165) is 0 Å². The molecule has 0 atom stereocenters. The van der Waals surface area contributed by atoms with E-state index in [4.69, 9.17) is 2.81 Å². The second kappa shape index (κ2) is 77.7. The number of hydrogen-bond donors (Lipinski definition) is 0. The molecule has 0 spiro atoms. The molecule has 4 heavy (non-hydrogen) atoms. The Hall–Kier alpha value is 0.543. The van der Waals surface area contributed by atoms with Gasteiger partial charge in [0.15, 0.2) is 0 Å². The van der Waals surface area contributed by atoms with Crippen molar-refractivity contribution in [1.29, 1.82) is 0 Å². The van der Waals surface area contributed by atoms with Crippen molar-refractivity contribution in [3.8, 4) is 0 Å². The maximum atomic E-state index is 8.34. The van der Waals surface area contributed by atoms with Crippen LogP contribution in [0.5, 0.6) is 0 Å². The van der Waals surface area contributed by atoms with Gasteiger partial charge in [-0.05, 0) is 0 Å². The van der Waals surface area contributed by atoms with E-state index >= 15 is 0 Å². The van der Waals surface area contributed by atoms with Gasteiger partial charge in [0.05, 0.1) is 0 Å². The van der Waals surface area contributed by atoms with E-state index < -0.39 is 0 Å². The van der Waals surface area contributed by atoms with Crippen molar-refractivity contribution < 1.29 is 36.9 Å². The van der Waals surface area contributed by atoms with Crippen molar-refractivity contribution >= 4 is 0 Å². The van der Waals surface area contributed by atoms with Gasteiger partial charge in [-0.2, -0.15) is 0 Å². The van der Waals surface area contributed by atoms with Crippen LogP contribution in [0.2, 0.25) is 0 Å². The predicted molar refractivity (Wildman–Crippen MR) is 5.69 cm³/mol. The Bertz CT molecular complexity index is 6.00. The van der Waals surface area contributed by atoms with Crippen LogP contribution in [-0.4, -0.2) is 0 Å². The van der Waals surface area contributed by atoms with Crippen molar-refractivity contribution in [2.75, 3.05) is 0 Å². The summed E-state index contributed by atoms with van der Waals surface area (Å²) >= 11 is 0.300. The van der Waals surface area contributed by atoms with E-state index in [-0.39, 0.29) is 9.41 Å². The molecule has 0 unspecified atom stereocenters. The van der Waals surface area contributed by atoms with E-state index in [2.05, 4.69) is 0 Å². The van der Waals surface area contributed by atoms with Gasteiger partial charge < -0.3 is 0 Å². The zero-order valence-corrected chi connectivity index (χ0v) is 4.18. The van der Waals surface area contributed by atoms with Crippen molar-refractivity contribution in [3.05, 3.63) is 0 Å². The molecule has 0 aromatic carbocycles. The summed E-state index contributed by atoms with van der Waals surface area (Å²) in [5.74, 6) is 0. The molecule has 0 saturated heterocycles. The van der Waals surface area contributed by atoms with Crippen LogP contribution in [0, 0.1) is 0 Å². The van der Waals surface area contributed by atoms with Crippen molar-refractivity contribution in [2.24, 2.45) is 0 Å². The first-order valence-electron chi connectivity index (χ1n) is 0.204. The Balaban J connectivity index is -0.00000000500. The summed E-state index contributed by atoms with van der Waals surface area (Å²) in [7, 11) is 0. The minimum atomic E-state index is 0.